The summed E-state index contributed by atoms with van der Waals surface area (Å²) in [6.45, 7) is 6.15. The lowest BCUT2D eigenvalue weighted by atomic mass is 10.0. The smallest absolute Gasteiger partial charge is 0.257 e. The van der Waals surface area contributed by atoms with Crippen LogP contribution in [0.2, 0.25) is 0 Å². The molecule has 0 aliphatic rings. The predicted molar refractivity (Wildman–Crippen MR) is 96.2 cm³/mol. The maximum absolute atomic E-state index is 12.2. The van der Waals surface area contributed by atoms with Crippen molar-refractivity contribution in [1.29, 1.82) is 0 Å². The van der Waals surface area contributed by atoms with Crippen LogP contribution < -0.4 is 5.32 Å². The van der Waals surface area contributed by atoms with Gasteiger partial charge >= 0.3 is 0 Å². The average molecular weight is 322 g/mol. The Morgan fingerprint density at radius 3 is 2.39 bits per heavy atom. The van der Waals surface area contributed by atoms with Crippen LogP contribution in [0.5, 0.6) is 0 Å². The minimum Gasteiger partial charge on any atom is -0.298 e. The SMILES string of the molecule is Cc1ccc(C(=O)Nc2nc(-c3ccc(C)cc3C)cs2)cc1. The molecule has 0 aliphatic carbocycles. The van der Waals surface area contributed by atoms with Gasteiger partial charge < -0.3 is 0 Å². The van der Waals surface area contributed by atoms with Crippen LogP contribution in [0.15, 0.2) is 47.8 Å². The Morgan fingerprint density at radius 1 is 1.00 bits per heavy atom. The van der Waals surface area contributed by atoms with Crippen LogP contribution in [0.25, 0.3) is 11.3 Å². The number of aryl methyl sites for hydroxylation is 3. The highest BCUT2D eigenvalue weighted by Crippen LogP contribution is 2.28. The standard InChI is InChI=1S/C19H18N2OS/c1-12-4-7-15(8-5-12)18(22)21-19-20-17(11-23-19)16-9-6-13(2)10-14(16)3/h4-11H,1-3H3,(H,20,21,22). The van der Waals surface area contributed by atoms with Crippen molar-refractivity contribution in [1.82, 2.24) is 4.98 Å². The van der Waals surface area contributed by atoms with E-state index in [-0.39, 0.29) is 5.91 Å². The summed E-state index contributed by atoms with van der Waals surface area (Å²) in [5.41, 5.74) is 6.18. The number of thiazole rings is 1. The first kappa shape index (κ1) is 15.4. The Labute approximate surface area is 140 Å². The van der Waals surface area contributed by atoms with E-state index in [1.54, 1.807) is 0 Å². The number of hydrogen-bond acceptors (Lipinski definition) is 3. The third kappa shape index (κ3) is 3.48. The van der Waals surface area contributed by atoms with Gasteiger partial charge in [0.1, 0.15) is 0 Å². The van der Waals surface area contributed by atoms with E-state index in [1.807, 2.05) is 36.6 Å². The van der Waals surface area contributed by atoms with E-state index < -0.39 is 0 Å². The van der Waals surface area contributed by atoms with Crippen molar-refractivity contribution in [2.45, 2.75) is 20.8 Å². The topological polar surface area (TPSA) is 42.0 Å². The number of rotatable bonds is 3. The van der Waals surface area contributed by atoms with Crippen LogP contribution in [0.1, 0.15) is 27.0 Å². The van der Waals surface area contributed by atoms with Gasteiger partial charge in [-0.1, -0.05) is 41.5 Å². The molecule has 3 aromatic rings. The number of carbonyl (C=O) groups is 1. The van der Waals surface area contributed by atoms with Gasteiger partial charge in [-0.25, -0.2) is 4.98 Å². The summed E-state index contributed by atoms with van der Waals surface area (Å²) in [5.74, 6) is -0.133. The molecule has 1 amide bonds. The van der Waals surface area contributed by atoms with E-state index in [9.17, 15) is 4.79 Å². The van der Waals surface area contributed by atoms with Crippen molar-refractivity contribution in [3.05, 3.63) is 70.1 Å². The Balaban J connectivity index is 1.79. The van der Waals surface area contributed by atoms with Crippen LogP contribution in [0.3, 0.4) is 0 Å². The molecule has 0 fully saturated rings. The molecule has 0 spiro atoms. The molecular weight excluding hydrogens is 304 g/mol. The zero-order valence-corrected chi connectivity index (χ0v) is 14.2. The van der Waals surface area contributed by atoms with Gasteiger partial charge in [0.2, 0.25) is 0 Å². The van der Waals surface area contributed by atoms with Crippen molar-refractivity contribution in [2.75, 3.05) is 5.32 Å². The van der Waals surface area contributed by atoms with E-state index in [1.165, 1.54) is 22.5 Å². The molecule has 23 heavy (non-hydrogen) atoms. The predicted octanol–water partition coefficient (Wildman–Crippen LogP) is 4.99. The normalized spacial score (nSPS) is 10.6. The third-order valence-electron chi connectivity index (χ3n) is 3.70. The largest absolute Gasteiger partial charge is 0.298 e. The van der Waals surface area contributed by atoms with E-state index in [4.69, 9.17) is 0 Å². The minimum atomic E-state index is -0.133. The average Bonchev–Trinajstić information content (AvgIpc) is 2.96. The Bertz CT molecular complexity index is 850. The first-order valence-electron chi connectivity index (χ1n) is 7.44. The van der Waals surface area contributed by atoms with Crippen LogP contribution in [0, 0.1) is 20.8 Å². The molecule has 1 aromatic heterocycles. The molecule has 0 saturated carbocycles. The number of nitrogens with zero attached hydrogens (tertiary/aromatic N) is 1. The zero-order valence-electron chi connectivity index (χ0n) is 13.4. The molecule has 3 rings (SSSR count). The Hall–Kier alpha value is -2.46. The summed E-state index contributed by atoms with van der Waals surface area (Å²) in [7, 11) is 0. The summed E-state index contributed by atoms with van der Waals surface area (Å²) >= 11 is 1.44. The highest BCUT2D eigenvalue weighted by atomic mass is 32.1. The van der Waals surface area contributed by atoms with Gasteiger partial charge in [0.05, 0.1) is 5.69 Å². The highest BCUT2D eigenvalue weighted by Gasteiger charge is 2.11. The number of nitrogens with one attached hydrogen (secondary N) is 1. The fourth-order valence-electron chi connectivity index (χ4n) is 2.43. The molecule has 0 bridgehead atoms. The fourth-order valence-corrected chi connectivity index (χ4v) is 3.14. The molecule has 1 N–H and O–H groups in total. The third-order valence-corrected chi connectivity index (χ3v) is 4.45. The quantitative estimate of drug-likeness (QED) is 0.738. The van der Waals surface area contributed by atoms with E-state index in [0.29, 0.717) is 10.7 Å². The lowest BCUT2D eigenvalue weighted by Crippen LogP contribution is -2.11. The first-order chi connectivity index (χ1) is 11.0. The van der Waals surface area contributed by atoms with Crippen LogP contribution >= 0.6 is 11.3 Å². The van der Waals surface area contributed by atoms with Gasteiger partial charge in [-0.15, -0.1) is 11.3 Å². The maximum Gasteiger partial charge on any atom is 0.257 e. The summed E-state index contributed by atoms with van der Waals surface area (Å²) in [5, 5.41) is 5.46. The second-order valence-electron chi connectivity index (χ2n) is 5.68. The monoisotopic (exact) mass is 322 g/mol. The first-order valence-corrected chi connectivity index (χ1v) is 8.32. The molecule has 0 aliphatic heterocycles. The van der Waals surface area contributed by atoms with Gasteiger partial charge in [0, 0.05) is 16.5 Å². The molecule has 4 heteroatoms. The van der Waals surface area contributed by atoms with E-state index >= 15 is 0 Å². The van der Waals surface area contributed by atoms with Gasteiger partial charge in [-0.05, 0) is 38.5 Å². The summed E-state index contributed by atoms with van der Waals surface area (Å²) in [4.78, 5) is 16.8. The minimum absolute atomic E-state index is 0.133. The van der Waals surface area contributed by atoms with Crippen molar-refractivity contribution in [3.8, 4) is 11.3 Å². The fraction of sp³-hybridized carbons (Fsp3) is 0.158. The molecule has 0 saturated heterocycles. The van der Waals surface area contributed by atoms with Crippen molar-refractivity contribution in [3.63, 3.8) is 0 Å². The van der Waals surface area contributed by atoms with Gasteiger partial charge in [-0.3, -0.25) is 10.1 Å². The van der Waals surface area contributed by atoms with Gasteiger partial charge in [0.15, 0.2) is 5.13 Å². The Kier molecular flexibility index (Phi) is 4.26. The number of carbonyl (C=O) groups excluding carboxylic acids is 1. The molecule has 0 unspecified atom stereocenters. The number of benzene rings is 2. The van der Waals surface area contributed by atoms with Gasteiger partial charge in [0.25, 0.3) is 5.91 Å². The summed E-state index contributed by atoms with van der Waals surface area (Å²) in [6.07, 6.45) is 0. The lowest BCUT2D eigenvalue weighted by Gasteiger charge is -2.04. The van der Waals surface area contributed by atoms with Crippen LogP contribution in [-0.4, -0.2) is 10.9 Å². The Morgan fingerprint density at radius 2 is 1.70 bits per heavy atom. The second kappa shape index (κ2) is 6.34. The number of amides is 1. The number of hydrogen-bond donors (Lipinski definition) is 1. The number of anilines is 1. The van der Waals surface area contributed by atoms with E-state index in [2.05, 4.69) is 42.3 Å². The maximum atomic E-state index is 12.2. The summed E-state index contributed by atoms with van der Waals surface area (Å²) < 4.78 is 0. The summed E-state index contributed by atoms with van der Waals surface area (Å²) in [6, 6.07) is 13.8. The molecule has 0 radical (unpaired) electrons. The van der Waals surface area contributed by atoms with Crippen molar-refractivity contribution >= 4 is 22.4 Å². The lowest BCUT2D eigenvalue weighted by molar-refractivity contribution is 0.102. The van der Waals surface area contributed by atoms with E-state index in [0.717, 1.165) is 16.8 Å². The molecule has 1 heterocycles. The molecule has 2 aromatic carbocycles. The van der Waals surface area contributed by atoms with Crippen LogP contribution in [-0.2, 0) is 0 Å². The second-order valence-corrected chi connectivity index (χ2v) is 6.53. The van der Waals surface area contributed by atoms with Crippen molar-refractivity contribution < 1.29 is 4.79 Å². The molecular formula is C19H18N2OS. The highest BCUT2D eigenvalue weighted by molar-refractivity contribution is 7.14. The zero-order chi connectivity index (χ0) is 16.4. The van der Waals surface area contributed by atoms with Crippen LogP contribution in [0.4, 0.5) is 5.13 Å². The number of aromatic nitrogens is 1. The van der Waals surface area contributed by atoms with Crippen molar-refractivity contribution in [2.24, 2.45) is 0 Å². The molecule has 116 valence electrons. The molecule has 0 atom stereocenters. The molecule has 3 nitrogen and oxygen atoms in total. The van der Waals surface area contributed by atoms with Gasteiger partial charge in [-0.2, -0.15) is 0 Å².